The van der Waals surface area contributed by atoms with Gasteiger partial charge in [-0.1, -0.05) is 0 Å². The maximum atomic E-state index is 12.2. The predicted molar refractivity (Wildman–Crippen MR) is 110 cm³/mol. The van der Waals surface area contributed by atoms with Crippen molar-refractivity contribution in [1.82, 2.24) is 15.0 Å². The number of nitrogens with zero attached hydrogens (tertiary/aromatic N) is 4. The zero-order chi connectivity index (χ0) is 23.0. The summed E-state index contributed by atoms with van der Waals surface area (Å²) in [7, 11) is 1.82. The smallest absolute Gasteiger partial charge is 0.422 e. The second-order valence-electron chi connectivity index (χ2n) is 7.90. The number of pyridine rings is 1. The minimum Gasteiger partial charge on any atom is -0.489 e. The highest BCUT2D eigenvalue weighted by atomic mass is 19.4. The van der Waals surface area contributed by atoms with E-state index in [0.29, 0.717) is 41.7 Å². The lowest BCUT2D eigenvalue weighted by Crippen LogP contribution is -2.45. The number of aryl methyl sites for hydroxylation is 1. The summed E-state index contributed by atoms with van der Waals surface area (Å²) >= 11 is 0. The molecule has 172 valence electrons. The summed E-state index contributed by atoms with van der Waals surface area (Å²) in [4.78, 5) is 26.7. The van der Waals surface area contributed by atoms with Gasteiger partial charge in [-0.15, -0.1) is 0 Å². The molecular weight excluding hydrogens is 429 g/mol. The summed E-state index contributed by atoms with van der Waals surface area (Å²) in [5.74, 6) is 1.39. The maximum absolute atomic E-state index is 12.2. The predicted octanol–water partition coefficient (Wildman–Crippen LogP) is 2.92. The number of nitrogens with one attached hydrogen (secondary N) is 2. The monoisotopic (exact) mass is 452 g/mol. The lowest BCUT2D eigenvalue weighted by molar-refractivity contribution is -0.154. The van der Waals surface area contributed by atoms with Crippen LogP contribution in [0.15, 0.2) is 18.3 Å². The van der Waals surface area contributed by atoms with E-state index in [0.717, 1.165) is 0 Å². The molecule has 1 amide bonds. The fourth-order valence-electron chi connectivity index (χ4n) is 3.44. The lowest BCUT2D eigenvalue weighted by atomic mass is 9.89. The number of ether oxygens (including phenoxy) is 2. The topological polar surface area (TPSA) is 102 Å². The molecule has 0 radical (unpaired) electrons. The molecule has 0 unspecified atom stereocenters. The molecule has 9 nitrogen and oxygen atoms in total. The Morgan fingerprint density at radius 3 is 2.69 bits per heavy atom. The van der Waals surface area contributed by atoms with Gasteiger partial charge in [0.1, 0.15) is 23.6 Å². The van der Waals surface area contributed by atoms with Gasteiger partial charge in [0.2, 0.25) is 17.7 Å². The van der Waals surface area contributed by atoms with Crippen LogP contribution in [-0.2, 0) is 4.79 Å². The molecule has 1 aliphatic carbocycles. The first-order chi connectivity index (χ1) is 15.1. The number of hydrogen-bond acceptors (Lipinski definition) is 8. The van der Waals surface area contributed by atoms with Crippen LogP contribution in [0.1, 0.15) is 25.5 Å². The van der Waals surface area contributed by atoms with Crippen molar-refractivity contribution in [3.05, 3.63) is 24.0 Å². The van der Waals surface area contributed by atoms with Crippen molar-refractivity contribution in [2.45, 2.75) is 51.1 Å². The highest BCUT2D eigenvalue weighted by molar-refractivity contribution is 6.03. The number of hydrogen-bond donors (Lipinski definition) is 2. The van der Waals surface area contributed by atoms with E-state index in [1.54, 1.807) is 6.92 Å². The van der Waals surface area contributed by atoms with Gasteiger partial charge in [-0.25, -0.2) is 9.97 Å². The molecule has 2 aliphatic rings. The third kappa shape index (κ3) is 4.78. The molecule has 32 heavy (non-hydrogen) atoms. The Morgan fingerprint density at radius 1 is 1.28 bits per heavy atom. The molecule has 2 aromatic rings. The molecular formula is C20H23F3N6O3. The van der Waals surface area contributed by atoms with Crippen molar-refractivity contribution in [3.8, 4) is 11.6 Å². The third-order valence-corrected chi connectivity index (χ3v) is 5.44. The molecule has 2 N–H and O–H groups in total. The van der Waals surface area contributed by atoms with Crippen LogP contribution < -0.4 is 25.0 Å². The van der Waals surface area contributed by atoms with Crippen molar-refractivity contribution in [2.24, 2.45) is 0 Å². The number of alkyl halides is 3. The van der Waals surface area contributed by atoms with Crippen LogP contribution in [-0.4, -0.2) is 58.9 Å². The van der Waals surface area contributed by atoms with Gasteiger partial charge in [-0.2, -0.15) is 18.2 Å². The summed E-state index contributed by atoms with van der Waals surface area (Å²) in [6.07, 6.45) is -1.72. The van der Waals surface area contributed by atoms with E-state index in [2.05, 4.69) is 30.3 Å². The van der Waals surface area contributed by atoms with Crippen LogP contribution in [0, 0.1) is 6.92 Å². The van der Waals surface area contributed by atoms with E-state index in [9.17, 15) is 18.0 Å². The molecule has 1 atom stereocenters. The summed E-state index contributed by atoms with van der Waals surface area (Å²) in [5.41, 5.74) is 1.29. The van der Waals surface area contributed by atoms with Crippen LogP contribution >= 0.6 is 0 Å². The highest BCUT2D eigenvalue weighted by Gasteiger charge is 2.34. The molecule has 1 fully saturated rings. The quantitative estimate of drug-likeness (QED) is 0.690. The Morgan fingerprint density at radius 2 is 2.03 bits per heavy atom. The Labute approximate surface area is 182 Å². The van der Waals surface area contributed by atoms with Crippen molar-refractivity contribution >= 4 is 23.4 Å². The standard InChI is InChI=1S/C20H23F3N6O3/c1-10-16-17(29(3)11(2)18(30)27-16)28-19(25-10)26-12-6-14(7-12)32-13-4-5-15(24-8-13)31-9-20(21,22)23/h4-5,8,11-12,14H,6-7,9H2,1-3H3,(H,27,30)(H,25,26,28)/t11-,12?,14?/m0/s1. The van der Waals surface area contributed by atoms with E-state index >= 15 is 0 Å². The SMILES string of the molecule is Cc1nc(NC2CC(Oc3ccc(OCC(F)(F)F)nc3)C2)nc2c1NC(=O)[C@H](C)N2C. The molecule has 12 heteroatoms. The van der Waals surface area contributed by atoms with Crippen LogP contribution in [0.3, 0.4) is 0 Å². The van der Waals surface area contributed by atoms with Gasteiger partial charge in [0.15, 0.2) is 12.4 Å². The van der Waals surface area contributed by atoms with Gasteiger partial charge < -0.3 is 25.0 Å². The highest BCUT2D eigenvalue weighted by Crippen LogP contribution is 2.34. The van der Waals surface area contributed by atoms with Crippen LogP contribution in [0.5, 0.6) is 11.6 Å². The molecule has 4 rings (SSSR count). The third-order valence-electron chi connectivity index (χ3n) is 5.44. The molecule has 0 aromatic carbocycles. The molecule has 0 saturated heterocycles. The van der Waals surface area contributed by atoms with Gasteiger partial charge in [-0.05, 0) is 19.9 Å². The Balaban J connectivity index is 1.29. The average molecular weight is 452 g/mol. The molecule has 3 heterocycles. The number of fused-ring (bicyclic) bond motifs is 1. The Hall–Kier alpha value is -3.31. The summed E-state index contributed by atoms with van der Waals surface area (Å²) in [6.45, 7) is 2.24. The molecule has 1 saturated carbocycles. The Kier molecular flexibility index (Phi) is 5.70. The number of halogens is 3. The van der Waals surface area contributed by atoms with Gasteiger partial charge in [-0.3, -0.25) is 4.79 Å². The van der Waals surface area contributed by atoms with Gasteiger partial charge in [0.25, 0.3) is 0 Å². The number of anilines is 3. The number of amides is 1. The number of aromatic nitrogens is 3. The molecule has 1 aliphatic heterocycles. The normalized spacial score (nSPS) is 22.5. The first-order valence-electron chi connectivity index (χ1n) is 10.1. The summed E-state index contributed by atoms with van der Waals surface area (Å²) < 4.78 is 46.9. The van der Waals surface area contributed by atoms with Crippen molar-refractivity contribution in [2.75, 3.05) is 29.2 Å². The van der Waals surface area contributed by atoms with Gasteiger partial charge in [0.05, 0.1) is 11.9 Å². The molecule has 0 spiro atoms. The number of rotatable bonds is 6. The van der Waals surface area contributed by atoms with Crippen molar-refractivity contribution in [3.63, 3.8) is 0 Å². The number of likely N-dealkylation sites (N-methyl/N-ethyl adjacent to an activating group) is 1. The second-order valence-corrected chi connectivity index (χ2v) is 7.90. The van der Waals surface area contributed by atoms with E-state index < -0.39 is 12.8 Å². The van der Waals surface area contributed by atoms with E-state index in [1.807, 2.05) is 18.9 Å². The van der Waals surface area contributed by atoms with Gasteiger partial charge >= 0.3 is 6.18 Å². The largest absolute Gasteiger partial charge is 0.489 e. The second kappa shape index (κ2) is 8.32. The maximum Gasteiger partial charge on any atom is 0.422 e. The van der Waals surface area contributed by atoms with E-state index in [1.165, 1.54) is 18.3 Å². The zero-order valence-electron chi connectivity index (χ0n) is 17.7. The van der Waals surface area contributed by atoms with Crippen LogP contribution in [0.25, 0.3) is 0 Å². The zero-order valence-corrected chi connectivity index (χ0v) is 17.7. The van der Waals surface area contributed by atoms with E-state index in [4.69, 9.17) is 4.74 Å². The van der Waals surface area contributed by atoms with Crippen molar-refractivity contribution < 1.29 is 27.4 Å². The minimum absolute atomic E-state index is 0.0584. The Bertz CT molecular complexity index is 995. The van der Waals surface area contributed by atoms with Crippen LogP contribution in [0.2, 0.25) is 0 Å². The number of carbonyl (C=O) groups is 1. The van der Waals surface area contributed by atoms with Crippen LogP contribution in [0.4, 0.5) is 30.6 Å². The van der Waals surface area contributed by atoms with Crippen molar-refractivity contribution in [1.29, 1.82) is 0 Å². The first kappa shape index (κ1) is 21.9. The number of carbonyl (C=O) groups excluding carboxylic acids is 1. The molecule has 2 aromatic heterocycles. The first-order valence-corrected chi connectivity index (χ1v) is 10.1. The average Bonchev–Trinajstić information content (AvgIpc) is 2.70. The fourth-order valence-corrected chi connectivity index (χ4v) is 3.44. The summed E-state index contributed by atoms with van der Waals surface area (Å²) in [5, 5.41) is 6.13. The summed E-state index contributed by atoms with van der Waals surface area (Å²) in [6, 6.07) is 2.65. The lowest BCUT2D eigenvalue weighted by Gasteiger charge is -2.36. The van der Waals surface area contributed by atoms with Gasteiger partial charge in [0, 0.05) is 32.0 Å². The molecule has 0 bridgehead atoms. The minimum atomic E-state index is -4.41. The van der Waals surface area contributed by atoms with E-state index in [-0.39, 0.29) is 30.0 Å². The fraction of sp³-hybridized carbons (Fsp3) is 0.500.